The van der Waals surface area contributed by atoms with E-state index in [-0.39, 0.29) is 12.5 Å². The Kier molecular flexibility index (Phi) is 7.80. The number of hydrogen-bond donors (Lipinski definition) is 1. The van der Waals surface area contributed by atoms with Crippen molar-refractivity contribution in [3.63, 3.8) is 0 Å². The number of carbonyl (C=O) groups excluding carboxylic acids is 1. The lowest BCUT2D eigenvalue weighted by atomic mass is 10.1. The van der Waals surface area contributed by atoms with Gasteiger partial charge in [-0.25, -0.2) is 0 Å². The highest BCUT2D eigenvalue weighted by molar-refractivity contribution is 5.93. The molecule has 0 atom stereocenters. The van der Waals surface area contributed by atoms with E-state index in [0.717, 1.165) is 6.42 Å². The molecule has 0 heterocycles. The van der Waals surface area contributed by atoms with Gasteiger partial charge in [0.25, 0.3) is 5.91 Å². The van der Waals surface area contributed by atoms with Crippen LogP contribution >= 0.6 is 0 Å². The summed E-state index contributed by atoms with van der Waals surface area (Å²) in [5.41, 5.74) is 1.84. The van der Waals surface area contributed by atoms with Crippen LogP contribution in [0.15, 0.2) is 42.5 Å². The Morgan fingerprint density at radius 2 is 1.69 bits per heavy atom. The highest BCUT2D eigenvalue weighted by atomic mass is 16.5. The van der Waals surface area contributed by atoms with E-state index in [1.807, 2.05) is 24.3 Å². The molecule has 2 rings (SSSR count). The zero-order valence-corrected chi connectivity index (χ0v) is 15.7. The van der Waals surface area contributed by atoms with Gasteiger partial charge in [0.05, 0.1) is 19.9 Å². The number of amides is 1. The van der Waals surface area contributed by atoms with Gasteiger partial charge < -0.3 is 19.5 Å². The number of rotatable bonds is 10. The number of unbranched alkanes of at least 4 members (excludes halogenated alkanes) is 2. The summed E-state index contributed by atoms with van der Waals surface area (Å²) in [6, 6.07) is 13.1. The normalized spacial score (nSPS) is 10.3. The van der Waals surface area contributed by atoms with Crippen LogP contribution in [0.5, 0.6) is 17.2 Å². The Labute approximate surface area is 155 Å². The van der Waals surface area contributed by atoms with Crippen LogP contribution in [0.2, 0.25) is 0 Å². The lowest BCUT2D eigenvalue weighted by Crippen LogP contribution is -2.20. The van der Waals surface area contributed by atoms with E-state index < -0.39 is 0 Å². The van der Waals surface area contributed by atoms with Crippen LogP contribution in [0, 0.1) is 0 Å². The summed E-state index contributed by atoms with van der Waals surface area (Å²) < 4.78 is 16.0. The largest absolute Gasteiger partial charge is 0.497 e. The summed E-state index contributed by atoms with van der Waals surface area (Å²) in [6.07, 6.45) is 4.73. The fraction of sp³-hybridized carbons (Fsp3) is 0.381. The molecule has 140 valence electrons. The predicted molar refractivity (Wildman–Crippen MR) is 103 cm³/mol. The van der Waals surface area contributed by atoms with Gasteiger partial charge in [0.15, 0.2) is 6.61 Å². The second-order valence-corrected chi connectivity index (χ2v) is 6.00. The van der Waals surface area contributed by atoms with Crippen molar-refractivity contribution in [3.8, 4) is 17.2 Å². The molecular formula is C21H27NO4. The molecule has 1 N–H and O–H groups in total. The molecule has 0 bridgehead atoms. The summed E-state index contributed by atoms with van der Waals surface area (Å²) in [7, 11) is 3.12. The van der Waals surface area contributed by atoms with Crippen molar-refractivity contribution < 1.29 is 19.0 Å². The molecule has 0 aliphatic rings. The summed E-state index contributed by atoms with van der Waals surface area (Å²) >= 11 is 0. The Hall–Kier alpha value is -2.69. The number of anilines is 1. The molecule has 5 nitrogen and oxygen atoms in total. The van der Waals surface area contributed by atoms with Crippen LogP contribution in [0.1, 0.15) is 31.7 Å². The smallest absolute Gasteiger partial charge is 0.262 e. The molecule has 0 unspecified atom stereocenters. The molecule has 2 aromatic rings. The van der Waals surface area contributed by atoms with E-state index >= 15 is 0 Å². The minimum atomic E-state index is -0.261. The van der Waals surface area contributed by atoms with Crippen LogP contribution in [0.25, 0.3) is 0 Å². The molecule has 0 aliphatic carbocycles. The van der Waals surface area contributed by atoms with Crippen LogP contribution in [-0.2, 0) is 11.2 Å². The van der Waals surface area contributed by atoms with Crippen molar-refractivity contribution >= 4 is 11.6 Å². The Morgan fingerprint density at radius 1 is 0.962 bits per heavy atom. The van der Waals surface area contributed by atoms with Crippen LogP contribution in [0.4, 0.5) is 5.69 Å². The maximum atomic E-state index is 12.2. The molecule has 0 saturated carbocycles. The van der Waals surface area contributed by atoms with Gasteiger partial charge in [-0.3, -0.25) is 4.79 Å². The highest BCUT2D eigenvalue weighted by Gasteiger charge is 2.10. The predicted octanol–water partition coefficient (Wildman–Crippen LogP) is 4.45. The number of carbonyl (C=O) groups is 1. The number of benzene rings is 2. The van der Waals surface area contributed by atoms with Gasteiger partial charge in [-0.1, -0.05) is 31.9 Å². The Bertz CT molecular complexity index is 698. The van der Waals surface area contributed by atoms with E-state index in [9.17, 15) is 4.79 Å². The number of ether oxygens (including phenoxy) is 3. The van der Waals surface area contributed by atoms with Crippen LogP contribution in [0.3, 0.4) is 0 Å². The fourth-order valence-corrected chi connectivity index (χ4v) is 2.58. The number of aryl methyl sites for hydroxylation is 1. The summed E-state index contributed by atoms with van der Waals surface area (Å²) in [5, 5.41) is 2.78. The third-order valence-electron chi connectivity index (χ3n) is 4.04. The van der Waals surface area contributed by atoms with Crippen molar-refractivity contribution in [1.29, 1.82) is 0 Å². The van der Waals surface area contributed by atoms with E-state index in [2.05, 4.69) is 12.2 Å². The van der Waals surface area contributed by atoms with Gasteiger partial charge >= 0.3 is 0 Å². The molecule has 0 aliphatic heterocycles. The second-order valence-electron chi connectivity index (χ2n) is 6.00. The van der Waals surface area contributed by atoms with Crippen molar-refractivity contribution in [2.24, 2.45) is 0 Å². The van der Waals surface area contributed by atoms with Crippen LogP contribution in [-0.4, -0.2) is 26.7 Å². The van der Waals surface area contributed by atoms with Gasteiger partial charge in [0, 0.05) is 6.07 Å². The SMILES string of the molecule is CCCCCc1ccc(OCC(=O)Nc2cc(OC)ccc2OC)cc1. The summed E-state index contributed by atoms with van der Waals surface area (Å²) in [4.78, 5) is 12.2. The molecule has 0 aromatic heterocycles. The molecule has 0 radical (unpaired) electrons. The average molecular weight is 357 g/mol. The number of methoxy groups -OCH3 is 2. The van der Waals surface area contributed by atoms with Gasteiger partial charge in [0.1, 0.15) is 17.2 Å². The average Bonchev–Trinajstić information content (AvgIpc) is 2.67. The van der Waals surface area contributed by atoms with Crippen molar-refractivity contribution in [1.82, 2.24) is 0 Å². The quantitative estimate of drug-likeness (QED) is 0.638. The van der Waals surface area contributed by atoms with E-state index in [1.54, 1.807) is 32.4 Å². The van der Waals surface area contributed by atoms with Crippen molar-refractivity contribution in [3.05, 3.63) is 48.0 Å². The first-order chi connectivity index (χ1) is 12.7. The third kappa shape index (κ3) is 5.99. The topological polar surface area (TPSA) is 56.8 Å². The zero-order valence-electron chi connectivity index (χ0n) is 15.7. The first kappa shape index (κ1) is 19.6. The molecule has 2 aromatic carbocycles. The van der Waals surface area contributed by atoms with E-state index in [4.69, 9.17) is 14.2 Å². The standard InChI is InChI=1S/C21H27NO4/c1-4-5-6-7-16-8-10-17(11-9-16)26-15-21(23)22-19-14-18(24-2)12-13-20(19)25-3/h8-14H,4-7,15H2,1-3H3,(H,22,23). The maximum Gasteiger partial charge on any atom is 0.262 e. The van der Waals surface area contributed by atoms with E-state index in [0.29, 0.717) is 22.9 Å². The molecular weight excluding hydrogens is 330 g/mol. The first-order valence-electron chi connectivity index (χ1n) is 8.90. The summed E-state index contributed by atoms with van der Waals surface area (Å²) in [6.45, 7) is 2.12. The lowest BCUT2D eigenvalue weighted by molar-refractivity contribution is -0.118. The van der Waals surface area contributed by atoms with Gasteiger partial charge in [0.2, 0.25) is 0 Å². The van der Waals surface area contributed by atoms with Gasteiger partial charge in [-0.2, -0.15) is 0 Å². The zero-order chi connectivity index (χ0) is 18.8. The number of nitrogens with one attached hydrogen (secondary N) is 1. The van der Waals surface area contributed by atoms with E-state index in [1.165, 1.54) is 24.8 Å². The van der Waals surface area contributed by atoms with Gasteiger partial charge in [-0.15, -0.1) is 0 Å². The minimum Gasteiger partial charge on any atom is -0.497 e. The highest BCUT2D eigenvalue weighted by Crippen LogP contribution is 2.28. The monoisotopic (exact) mass is 357 g/mol. The number of hydrogen-bond acceptors (Lipinski definition) is 4. The summed E-state index contributed by atoms with van der Waals surface area (Å²) in [5.74, 6) is 1.62. The third-order valence-corrected chi connectivity index (χ3v) is 4.04. The molecule has 1 amide bonds. The van der Waals surface area contributed by atoms with Crippen molar-refractivity contribution in [2.45, 2.75) is 32.6 Å². The first-order valence-corrected chi connectivity index (χ1v) is 8.90. The Balaban J connectivity index is 1.87. The molecule has 5 heteroatoms. The minimum absolute atomic E-state index is 0.0739. The van der Waals surface area contributed by atoms with Crippen molar-refractivity contribution in [2.75, 3.05) is 26.1 Å². The fourth-order valence-electron chi connectivity index (χ4n) is 2.58. The molecule has 0 fully saturated rings. The van der Waals surface area contributed by atoms with Gasteiger partial charge in [-0.05, 0) is 42.7 Å². The Morgan fingerprint density at radius 3 is 2.35 bits per heavy atom. The molecule has 0 spiro atoms. The molecule has 26 heavy (non-hydrogen) atoms. The lowest BCUT2D eigenvalue weighted by Gasteiger charge is -2.12. The maximum absolute atomic E-state index is 12.2. The second kappa shape index (κ2) is 10.3. The molecule has 0 saturated heterocycles. The van der Waals surface area contributed by atoms with Crippen LogP contribution < -0.4 is 19.5 Å².